The molecule has 0 fully saturated rings. The third kappa shape index (κ3) is 14.7. The van der Waals surface area contributed by atoms with Gasteiger partial charge >= 0.3 is 0 Å². The zero-order chi connectivity index (χ0) is 17.9. The molecule has 7 heteroatoms. The molecular formula is C16H35N2O4S+. The van der Waals surface area contributed by atoms with Crippen molar-refractivity contribution in [2.45, 2.75) is 63.5 Å². The summed E-state index contributed by atoms with van der Waals surface area (Å²) in [5, 5.41) is 2.26. The van der Waals surface area contributed by atoms with Crippen LogP contribution in [-0.2, 0) is 14.9 Å². The van der Waals surface area contributed by atoms with Gasteiger partial charge in [0.05, 0.1) is 32.9 Å². The van der Waals surface area contributed by atoms with Crippen LogP contribution < -0.4 is 5.32 Å². The van der Waals surface area contributed by atoms with Crippen LogP contribution in [0.1, 0.15) is 58.3 Å². The van der Waals surface area contributed by atoms with E-state index >= 15 is 0 Å². The standard InChI is InChI=1S/C16H34N2O4S/c1-15(23(20,21)22)11-8-6-5-7-9-12-16(19)17-13-10-14-18(2,3)4/h15H,5-14H2,1-4H3,(H-,17,19,20,21,22)/p+1. The zero-order valence-electron chi connectivity index (χ0n) is 15.2. The number of hydrogen-bond donors (Lipinski definition) is 2. The minimum atomic E-state index is -3.89. The number of quaternary nitrogens is 1. The van der Waals surface area contributed by atoms with Crippen molar-refractivity contribution in [2.24, 2.45) is 0 Å². The van der Waals surface area contributed by atoms with Crippen LogP contribution in [0.25, 0.3) is 0 Å². The van der Waals surface area contributed by atoms with Crippen molar-refractivity contribution in [3.05, 3.63) is 0 Å². The summed E-state index contributed by atoms with van der Waals surface area (Å²) in [5.74, 6) is 0.117. The normalized spacial score (nSPS) is 13.8. The monoisotopic (exact) mass is 351 g/mol. The van der Waals surface area contributed by atoms with E-state index in [-0.39, 0.29) is 5.91 Å². The van der Waals surface area contributed by atoms with Crippen molar-refractivity contribution in [3.63, 3.8) is 0 Å². The Labute approximate surface area is 142 Å². The molecule has 0 aromatic carbocycles. The van der Waals surface area contributed by atoms with Crippen LogP contribution in [0.5, 0.6) is 0 Å². The summed E-state index contributed by atoms with van der Waals surface area (Å²) in [4.78, 5) is 11.6. The number of hydrogen-bond acceptors (Lipinski definition) is 3. The molecule has 0 bridgehead atoms. The fourth-order valence-electron chi connectivity index (χ4n) is 2.27. The van der Waals surface area contributed by atoms with Gasteiger partial charge < -0.3 is 9.80 Å². The molecule has 1 amide bonds. The van der Waals surface area contributed by atoms with Crippen molar-refractivity contribution in [1.29, 1.82) is 0 Å². The van der Waals surface area contributed by atoms with Crippen LogP contribution in [0.15, 0.2) is 0 Å². The van der Waals surface area contributed by atoms with Gasteiger partial charge in [-0.15, -0.1) is 0 Å². The lowest BCUT2D eigenvalue weighted by Crippen LogP contribution is -2.37. The molecule has 1 unspecified atom stereocenters. The molecule has 0 rings (SSSR count). The van der Waals surface area contributed by atoms with Gasteiger partial charge in [0.15, 0.2) is 0 Å². The Kier molecular flexibility index (Phi) is 10.7. The van der Waals surface area contributed by atoms with Crippen molar-refractivity contribution >= 4 is 16.0 Å². The number of amides is 1. The Bertz CT molecular complexity index is 430. The first kappa shape index (κ1) is 22.3. The first-order chi connectivity index (χ1) is 10.5. The molecule has 0 saturated carbocycles. The van der Waals surface area contributed by atoms with Gasteiger partial charge in [0.2, 0.25) is 5.91 Å². The average molecular weight is 352 g/mol. The number of unbranched alkanes of at least 4 members (excludes halogenated alkanes) is 4. The molecule has 0 aliphatic rings. The lowest BCUT2D eigenvalue weighted by Gasteiger charge is -2.23. The molecule has 0 radical (unpaired) electrons. The predicted octanol–water partition coefficient (Wildman–Crippen LogP) is 2.21. The summed E-state index contributed by atoms with van der Waals surface area (Å²) in [6.45, 7) is 3.31. The van der Waals surface area contributed by atoms with Crippen molar-refractivity contribution in [1.82, 2.24) is 5.32 Å². The Morgan fingerprint density at radius 2 is 1.61 bits per heavy atom. The van der Waals surface area contributed by atoms with Crippen LogP contribution in [0.3, 0.4) is 0 Å². The van der Waals surface area contributed by atoms with Gasteiger partial charge in [0, 0.05) is 19.4 Å². The molecule has 6 nitrogen and oxygen atoms in total. The molecule has 0 spiro atoms. The van der Waals surface area contributed by atoms with E-state index in [1.54, 1.807) is 0 Å². The Hall–Kier alpha value is -0.660. The average Bonchev–Trinajstić information content (AvgIpc) is 2.40. The summed E-state index contributed by atoms with van der Waals surface area (Å²) in [5.41, 5.74) is 0. The second-order valence-electron chi connectivity index (χ2n) is 7.35. The van der Waals surface area contributed by atoms with E-state index in [1.807, 2.05) is 0 Å². The van der Waals surface area contributed by atoms with Gasteiger partial charge in [0.25, 0.3) is 10.1 Å². The van der Waals surface area contributed by atoms with E-state index in [9.17, 15) is 13.2 Å². The zero-order valence-corrected chi connectivity index (χ0v) is 16.0. The second-order valence-corrected chi connectivity index (χ2v) is 9.18. The van der Waals surface area contributed by atoms with Gasteiger partial charge in [0.1, 0.15) is 0 Å². The summed E-state index contributed by atoms with van der Waals surface area (Å²) in [6, 6.07) is 0. The summed E-state index contributed by atoms with van der Waals surface area (Å²) >= 11 is 0. The molecule has 2 N–H and O–H groups in total. The Balaban J connectivity index is 3.46. The number of nitrogens with one attached hydrogen (secondary N) is 1. The fraction of sp³-hybridized carbons (Fsp3) is 0.938. The molecule has 23 heavy (non-hydrogen) atoms. The molecule has 138 valence electrons. The van der Waals surface area contributed by atoms with Crippen molar-refractivity contribution in [2.75, 3.05) is 34.2 Å². The smallest absolute Gasteiger partial charge is 0.267 e. The maximum absolute atomic E-state index is 11.6. The highest BCUT2D eigenvalue weighted by Gasteiger charge is 2.15. The van der Waals surface area contributed by atoms with Crippen LogP contribution in [0.4, 0.5) is 0 Å². The summed E-state index contributed by atoms with van der Waals surface area (Å²) < 4.78 is 31.4. The molecule has 0 aliphatic carbocycles. The molecule has 0 heterocycles. The molecule has 1 atom stereocenters. The van der Waals surface area contributed by atoms with Gasteiger partial charge in [-0.3, -0.25) is 9.35 Å². The molecule has 0 aliphatic heterocycles. The minimum absolute atomic E-state index is 0.117. The van der Waals surface area contributed by atoms with E-state index in [0.717, 1.165) is 56.1 Å². The number of carbonyl (C=O) groups is 1. The molecule has 0 aromatic rings. The topological polar surface area (TPSA) is 83.5 Å². The third-order valence-corrected chi connectivity index (χ3v) is 5.10. The third-order valence-electron chi connectivity index (χ3n) is 3.85. The molecule has 0 aromatic heterocycles. The first-order valence-electron chi connectivity index (χ1n) is 8.56. The van der Waals surface area contributed by atoms with Gasteiger partial charge in [-0.1, -0.05) is 25.7 Å². The SMILES string of the molecule is CC(CCCCCCCC(=O)NCCC[N+](C)(C)C)S(=O)(=O)O. The second kappa shape index (κ2) is 11.0. The van der Waals surface area contributed by atoms with Crippen LogP contribution in [0, 0.1) is 0 Å². The number of rotatable bonds is 13. The van der Waals surface area contributed by atoms with Crippen LogP contribution in [0.2, 0.25) is 0 Å². The minimum Gasteiger partial charge on any atom is -0.356 e. The van der Waals surface area contributed by atoms with Gasteiger partial charge in [-0.05, 0) is 19.8 Å². The van der Waals surface area contributed by atoms with E-state index in [1.165, 1.54) is 6.92 Å². The van der Waals surface area contributed by atoms with E-state index in [2.05, 4.69) is 26.5 Å². The Morgan fingerprint density at radius 1 is 1.04 bits per heavy atom. The largest absolute Gasteiger partial charge is 0.356 e. The van der Waals surface area contributed by atoms with Crippen LogP contribution >= 0.6 is 0 Å². The predicted molar refractivity (Wildman–Crippen MR) is 93.9 cm³/mol. The maximum Gasteiger partial charge on any atom is 0.267 e. The number of nitrogens with zero attached hydrogens (tertiary/aromatic N) is 1. The van der Waals surface area contributed by atoms with Crippen LogP contribution in [-0.4, -0.2) is 62.8 Å². The highest BCUT2D eigenvalue weighted by molar-refractivity contribution is 7.86. The quantitative estimate of drug-likeness (QED) is 0.303. The number of carbonyl (C=O) groups excluding carboxylic acids is 1. The van der Waals surface area contributed by atoms with E-state index in [4.69, 9.17) is 4.55 Å². The van der Waals surface area contributed by atoms with E-state index in [0.29, 0.717) is 12.8 Å². The highest BCUT2D eigenvalue weighted by atomic mass is 32.2. The summed E-state index contributed by atoms with van der Waals surface area (Å²) in [6.07, 6.45) is 6.61. The molecule has 0 saturated heterocycles. The first-order valence-corrected chi connectivity index (χ1v) is 10.1. The van der Waals surface area contributed by atoms with Gasteiger partial charge in [-0.2, -0.15) is 8.42 Å². The fourth-order valence-corrected chi connectivity index (χ4v) is 2.73. The lowest BCUT2D eigenvalue weighted by molar-refractivity contribution is -0.870. The lowest BCUT2D eigenvalue weighted by atomic mass is 10.1. The van der Waals surface area contributed by atoms with Crippen molar-refractivity contribution in [3.8, 4) is 0 Å². The summed E-state index contributed by atoms with van der Waals surface area (Å²) in [7, 11) is 2.53. The van der Waals surface area contributed by atoms with Crippen molar-refractivity contribution < 1.29 is 22.2 Å². The molecular weight excluding hydrogens is 316 g/mol. The maximum atomic E-state index is 11.6. The van der Waals surface area contributed by atoms with E-state index < -0.39 is 15.4 Å². The highest BCUT2D eigenvalue weighted by Crippen LogP contribution is 2.12. The Morgan fingerprint density at radius 3 is 2.17 bits per heavy atom. The van der Waals surface area contributed by atoms with Gasteiger partial charge in [-0.25, -0.2) is 0 Å².